The normalized spacial score (nSPS) is 14.1. The van der Waals surface area contributed by atoms with Gasteiger partial charge in [0.1, 0.15) is 5.75 Å². The van der Waals surface area contributed by atoms with Crippen molar-refractivity contribution in [1.29, 1.82) is 0 Å². The Balaban J connectivity index is 2.37. The Morgan fingerprint density at radius 1 is 0.840 bits per heavy atom. The first kappa shape index (κ1) is 19.8. The van der Waals surface area contributed by atoms with E-state index in [4.69, 9.17) is 9.47 Å². The lowest BCUT2D eigenvalue weighted by atomic mass is 9.63. The van der Waals surface area contributed by atoms with Gasteiger partial charge in [-0.05, 0) is 59.1 Å². The van der Waals surface area contributed by atoms with E-state index in [-0.39, 0.29) is 17.1 Å². The molecule has 1 atom stereocenters. The monoisotopic (exact) mass is 342 g/mol. The molecule has 0 saturated heterocycles. The topological polar surface area (TPSA) is 18.5 Å². The summed E-state index contributed by atoms with van der Waals surface area (Å²) in [5.74, 6) is 1.34. The predicted molar refractivity (Wildman–Crippen MR) is 107 cm³/mol. The minimum absolute atomic E-state index is 0.210. The van der Waals surface area contributed by atoms with Gasteiger partial charge in [-0.15, -0.1) is 0 Å². The molecule has 0 heterocycles. The average Bonchev–Trinajstić information content (AvgIpc) is 2.44. The summed E-state index contributed by atoms with van der Waals surface area (Å²) in [6, 6.07) is 13.1. The minimum Gasteiger partial charge on any atom is -0.465 e. The van der Waals surface area contributed by atoms with Crippen molar-refractivity contribution in [2.75, 3.05) is 6.61 Å². The molecule has 0 N–H and O–H groups in total. The van der Waals surface area contributed by atoms with Crippen LogP contribution >= 0.6 is 0 Å². The van der Waals surface area contributed by atoms with Crippen molar-refractivity contribution in [3.05, 3.63) is 42.0 Å². The molecular formula is C23H34O2. The molecule has 0 radical (unpaired) electrons. The van der Waals surface area contributed by atoms with Crippen LogP contribution in [0.5, 0.6) is 5.75 Å². The molecule has 0 spiro atoms. The molecule has 0 aliphatic rings. The Labute approximate surface area is 153 Å². The fraction of sp³-hybridized carbons (Fsp3) is 0.565. The number of hydrogen-bond acceptors (Lipinski definition) is 2. The molecule has 2 rings (SSSR count). The van der Waals surface area contributed by atoms with Crippen molar-refractivity contribution >= 4 is 10.8 Å². The van der Waals surface area contributed by atoms with E-state index in [1.807, 2.05) is 19.9 Å². The zero-order valence-corrected chi connectivity index (χ0v) is 17.1. The molecule has 0 bridgehead atoms. The predicted octanol–water partition coefficient (Wildman–Crippen LogP) is 6.78. The van der Waals surface area contributed by atoms with E-state index >= 15 is 0 Å². The van der Waals surface area contributed by atoms with Crippen LogP contribution < -0.4 is 4.74 Å². The van der Waals surface area contributed by atoms with E-state index in [1.54, 1.807) is 0 Å². The van der Waals surface area contributed by atoms with Gasteiger partial charge in [-0.2, -0.15) is 0 Å². The molecule has 138 valence electrons. The summed E-state index contributed by atoms with van der Waals surface area (Å²) < 4.78 is 11.3. The van der Waals surface area contributed by atoms with E-state index < -0.39 is 0 Å². The number of ether oxygens (including phenoxy) is 2. The maximum absolute atomic E-state index is 5.83. The molecule has 0 aliphatic carbocycles. The van der Waals surface area contributed by atoms with Crippen LogP contribution in [0.1, 0.15) is 66.9 Å². The van der Waals surface area contributed by atoms with E-state index in [2.05, 4.69) is 71.9 Å². The molecule has 0 saturated carbocycles. The largest absolute Gasteiger partial charge is 0.465 e. The van der Waals surface area contributed by atoms with Gasteiger partial charge in [-0.1, -0.05) is 65.8 Å². The molecule has 2 heteroatoms. The molecule has 2 aromatic rings. The summed E-state index contributed by atoms with van der Waals surface area (Å²) >= 11 is 0. The first-order chi connectivity index (χ1) is 11.5. The van der Waals surface area contributed by atoms with Crippen molar-refractivity contribution in [2.24, 2.45) is 10.8 Å². The summed E-state index contributed by atoms with van der Waals surface area (Å²) in [4.78, 5) is 0. The smallest absolute Gasteiger partial charge is 0.196 e. The second kappa shape index (κ2) is 7.37. The van der Waals surface area contributed by atoms with Crippen molar-refractivity contribution < 1.29 is 9.47 Å². The average molecular weight is 343 g/mol. The molecule has 1 unspecified atom stereocenters. The number of hydrogen-bond donors (Lipinski definition) is 0. The summed E-state index contributed by atoms with van der Waals surface area (Å²) in [7, 11) is 0. The van der Waals surface area contributed by atoms with E-state index in [0.29, 0.717) is 12.5 Å². The molecule has 2 nitrogen and oxygen atoms in total. The van der Waals surface area contributed by atoms with Crippen LogP contribution in [0.3, 0.4) is 0 Å². The Morgan fingerprint density at radius 3 is 1.96 bits per heavy atom. The molecule has 2 aromatic carbocycles. The van der Waals surface area contributed by atoms with Crippen molar-refractivity contribution in [2.45, 2.75) is 67.6 Å². The molecule has 0 aromatic heterocycles. The number of fused-ring (bicyclic) bond motifs is 1. The van der Waals surface area contributed by atoms with Crippen LogP contribution in [0.25, 0.3) is 10.8 Å². The van der Waals surface area contributed by atoms with Crippen LogP contribution in [0.2, 0.25) is 0 Å². The molecule has 25 heavy (non-hydrogen) atoms. The van der Waals surface area contributed by atoms with Crippen LogP contribution in [-0.4, -0.2) is 12.9 Å². The summed E-state index contributed by atoms with van der Waals surface area (Å²) in [5, 5.41) is 2.46. The van der Waals surface area contributed by atoms with Gasteiger partial charge < -0.3 is 9.47 Å². The number of rotatable bonds is 5. The Hall–Kier alpha value is -1.54. The highest BCUT2D eigenvalue weighted by molar-refractivity contribution is 5.84. The van der Waals surface area contributed by atoms with Crippen LogP contribution in [0.15, 0.2) is 36.4 Å². The fourth-order valence-corrected chi connectivity index (χ4v) is 4.25. The third-order valence-corrected chi connectivity index (χ3v) is 4.60. The third-order valence-electron chi connectivity index (χ3n) is 4.60. The standard InChI is InChI=1S/C23H34O2/c1-9-24-16(2)25-20-13-12-17-14-19(11-10-18(17)15-20)21(22(3,4)5)23(6,7)8/h10-16,21H,9H2,1-8H3. The maximum Gasteiger partial charge on any atom is 0.196 e. The summed E-state index contributed by atoms with van der Waals surface area (Å²) in [6.45, 7) is 18.5. The maximum atomic E-state index is 5.83. The second-order valence-corrected chi connectivity index (χ2v) is 9.07. The van der Waals surface area contributed by atoms with E-state index in [0.717, 1.165) is 5.75 Å². The van der Waals surface area contributed by atoms with Gasteiger partial charge in [0.15, 0.2) is 6.29 Å². The van der Waals surface area contributed by atoms with Gasteiger partial charge in [-0.3, -0.25) is 0 Å². The quantitative estimate of drug-likeness (QED) is 0.558. The van der Waals surface area contributed by atoms with Crippen LogP contribution in [0, 0.1) is 10.8 Å². The first-order valence-electron chi connectivity index (χ1n) is 9.34. The molecule has 0 amide bonds. The Kier molecular flexibility index (Phi) is 5.83. The lowest BCUT2D eigenvalue weighted by Crippen LogP contribution is -2.30. The van der Waals surface area contributed by atoms with Gasteiger partial charge in [-0.25, -0.2) is 0 Å². The van der Waals surface area contributed by atoms with Crippen LogP contribution in [-0.2, 0) is 4.74 Å². The van der Waals surface area contributed by atoms with E-state index in [1.165, 1.54) is 16.3 Å². The first-order valence-corrected chi connectivity index (χ1v) is 9.34. The lowest BCUT2D eigenvalue weighted by molar-refractivity contribution is -0.0612. The van der Waals surface area contributed by atoms with E-state index in [9.17, 15) is 0 Å². The summed E-state index contributed by atoms with van der Waals surface area (Å²) in [6.07, 6.45) is -0.229. The summed E-state index contributed by atoms with van der Waals surface area (Å²) in [5.41, 5.74) is 1.83. The third kappa shape index (κ3) is 4.98. The number of benzene rings is 2. The highest BCUT2D eigenvalue weighted by atomic mass is 16.7. The van der Waals surface area contributed by atoms with Crippen molar-refractivity contribution in [3.8, 4) is 5.75 Å². The van der Waals surface area contributed by atoms with Crippen molar-refractivity contribution in [1.82, 2.24) is 0 Å². The van der Waals surface area contributed by atoms with Gasteiger partial charge in [0, 0.05) is 6.61 Å². The Morgan fingerprint density at radius 2 is 1.40 bits per heavy atom. The van der Waals surface area contributed by atoms with Gasteiger partial charge in [0.2, 0.25) is 0 Å². The highest BCUT2D eigenvalue weighted by Gasteiger charge is 2.36. The molecular weight excluding hydrogens is 308 g/mol. The SMILES string of the molecule is CCOC(C)Oc1ccc2cc(C(C(C)(C)C)C(C)(C)C)ccc2c1. The highest BCUT2D eigenvalue weighted by Crippen LogP contribution is 2.47. The second-order valence-electron chi connectivity index (χ2n) is 9.07. The minimum atomic E-state index is -0.229. The van der Waals surface area contributed by atoms with Crippen molar-refractivity contribution in [3.63, 3.8) is 0 Å². The fourth-order valence-electron chi connectivity index (χ4n) is 4.25. The van der Waals surface area contributed by atoms with Gasteiger partial charge in [0.05, 0.1) is 0 Å². The van der Waals surface area contributed by atoms with Gasteiger partial charge in [0.25, 0.3) is 0 Å². The molecule has 0 aliphatic heterocycles. The van der Waals surface area contributed by atoms with Crippen LogP contribution in [0.4, 0.5) is 0 Å². The molecule has 0 fully saturated rings. The lowest BCUT2D eigenvalue weighted by Gasteiger charge is -2.41. The van der Waals surface area contributed by atoms with Gasteiger partial charge >= 0.3 is 0 Å². The zero-order chi connectivity index (χ0) is 18.8. The Bertz CT molecular complexity index is 690. The zero-order valence-electron chi connectivity index (χ0n) is 17.1.